The van der Waals surface area contributed by atoms with Gasteiger partial charge in [-0.1, -0.05) is 5.16 Å². The summed E-state index contributed by atoms with van der Waals surface area (Å²) < 4.78 is 5.43. The molecule has 3 aliphatic heterocycles. The smallest absolute Gasteiger partial charge is 0.141 e. The maximum Gasteiger partial charge on any atom is 0.141 e. The van der Waals surface area contributed by atoms with Crippen LogP contribution in [0.25, 0.3) is 0 Å². The van der Waals surface area contributed by atoms with E-state index in [0.717, 1.165) is 29.6 Å². The van der Waals surface area contributed by atoms with Gasteiger partial charge in [-0.05, 0) is 32.6 Å². The maximum absolute atomic E-state index is 5.43. The Morgan fingerprint density at radius 3 is 2.80 bits per heavy atom. The van der Waals surface area contributed by atoms with Gasteiger partial charge >= 0.3 is 0 Å². The Bertz CT molecular complexity index is 400. The topological polar surface area (TPSA) is 29.3 Å². The Kier molecular flexibility index (Phi) is 1.47. The third-order valence-corrected chi connectivity index (χ3v) is 4.58. The fourth-order valence-corrected chi connectivity index (χ4v) is 3.95. The lowest BCUT2D eigenvalue weighted by Crippen LogP contribution is -2.51. The fraction of sp³-hybridized carbons (Fsp3) is 0.750. The van der Waals surface area contributed by atoms with Crippen LogP contribution in [-0.2, 0) is 0 Å². The largest absolute Gasteiger partial charge is 0.361 e. The van der Waals surface area contributed by atoms with Crippen molar-refractivity contribution in [1.82, 2.24) is 10.1 Å². The van der Waals surface area contributed by atoms with Gasteiger partial charge in [0, 0.05) is 30.1 Å². The minimum absolute atomic E-state index is 0.632. The monoisotopic (exact) mass is 204 g/mol. The van der Waals surface area contributed by atoms with Crippen LogP contribution in [0.2, 0.25) is 0 Å². The van der Waals surface area contributed by atoms with Crippen molar-refractivity contribution in [2.75, 3.05) is 0 Å². The summed E-state index contributed by atoms with van der Waals surface area (Å²) in [7, 11) is 0. The van der Waals surface area contributed by atoms with Crippen molar-refractivity contribution >= 4 is 0 Å². The van der Waals surface area contributed by atoms with Gasteiger partial charge in [0.25, 0.3) is 0 Å². The Hall–Kier alpha value is -0.830. The lowest BCUT2D eigenvalue weighted by atomic mass is 9.83. The first kappa shape index (κ1) is 8.34. The van der Waals surface area contributed by atoms with Crippen molar-refractivity contribution in [1.29, 1.82) is 0 Å². The van der Waals surface area contributed by atoms with Gasteiger partial charge in [0.2, 0.25) is 0 Å². The van der Waals surface area contributed by atoms with E-state index >= 15 is 0 Å². The molecule has 3 saturated heterocycles. The molecule has 80 valence electrons. The molecule has 4 heterocycles. The van der Waals surface area contributed by atoms with Crippen LogP contribution in [0.5, 0.6) is 0 Å². The summed E-state index contributed by atoms with van der Waals surface area (Å²) in [5.41, 5.74) is 1.02. The second kappa shape index (κ2) is 2.64. The molecule has 0 saturated carbocycles. The highest BCUT2D eigenvalue weighted by Crippen LogP contribution is 2.53. The van der Waals surface area contributed by atoms with Gasteiger partial charge in [0.15, 0.2) is 0 Å². The van der Waals surface area contributed by atoms with Gasteiger partial charge in [0.1, 0.15) is 5.76 Å². The Morgan fingerprint density at radius 2 is 2.13 bits per heavy atom. The number of hydrogen-bond acceptors (Lipinski definition) is 3. The van der Waals surface area contributed by atoms with E-state index in [9.17, 15) is 0 Å². The zero-order valence-corrected chi connectivity index (χ0v) is 9.02. The van der Waals surface area contributed by atoms with Crippen LogP contribution in [0.4, 0.5) is 0 Å². The first-order valence-electron chi connectivity index (χ1n) is 6.03. The molecule has 1 aromatic rings. The lowest BCUT2D eigenvalue weighted by Gasteiger charge is -2.43. The van der Waals surface area contributed by atoms with E-state index in [2.05, 4.69) is 16.1 Å². The molecule has 0 amide bonds. The second-order valence-corrected chi connectivity index (χ2v) is 5.35. The normalized spacial score (nSPS) is 43.0. The molecule has 4 atom stereocenters. The second-order valence-electron chi connectivity index (χ2n) is 5.35. The van der Waals surface area contributed by atoms with E-state index in [1.165, 1.54) is 25.7 Å². The molecule has 3 fully saturated rings. The van der Waals surface area contributed by atoms with E-state index in [1.54, 1.807) is 0 Å². The van der Waals surface area contributed by atoms with Crippen LogP contribution in [-0.4, -0.2) is 28.2 Å². The average molecular weight is 204 g/mol. The van der Waals surface area contributed by atoms with E-state index in [0.29, 0.717) is 5.92 Å². The first-order chi connectivity index (χ1) is 7.33. The molecule has 0 N–H and O–H groups in total. The summed E-state index contributed by atoms with van der Waals surface area (Å²) >= 11 is 0. The van der Waals surface area contributed by atoms with Crippen LogP contribution in [0.15, 0.2) is 10.6 Å². The van der Waals surface area contributed by atoms with Crippen LogP contribution in [0.1, 0.15) is 43.1 Å². The molecule has 0 bridgehead atoms. The lowest BCUT2D eigenvalue weighted by molar-refractivity contribution is 0.0526. The summed E-state index contributed by atoms with van der Waals surface area (Å²) in [6.07, 6.45) is 5.53. The molecule has 4 rings (SSSR count). The number of rotatable bonds is 1. The van der Waals surface area contributed by atoms with E-state index < -0.39 is 0 Å². The predicted molar refractivity (Wildman–Crippen MR) is 55.7 cm³/mol. The van der Waals surface area contributed by atoms with Crippen molar-refractivity contribution in [2.45, 2.75) is 56.7 Å². The molecule has 0 aromatic carbocycles. The Balaban J connectivity index is 1.65. The minimum atomic E-state index is 0.632. The van der Waals surface area contributed by atoms with Crippen LogP contribution in [0.3, 0.4) is 0 Å². The van der Waals surface area contributed by atoms with E-state index in [4.69, 9.17) is 4.52 Å². The summed E-state index contributed by atoms with van der Waals surface area (Å²) in [6.45, 7) is 2.01. The Labute approximate surface area is 89.4 Å². The zero-order chi connectivity index (χ0) is 9.99. The molecular weight excluding hydrogens is 188 g/mol. The van der Waals surface area contributed by atoms with Crippen molar-refractivity contribution in [2.24, 2.45) is 0 Å². The van der Waals surface area contributed by atoms with Crippen LogP contribution >= 0.6 is 0 Å². The molecule has 1 unspecified atom stereocenters. The quantitative estimate of drug-likeness (QED) is 0.701. The summed E-state index contributed by atoms with van der Waals surface area (Å²) in [6, 6.07) is 4.66. The van der Waals surface area contributed by atoms with Gasteiger partial charge in [-0.3, -0.25) is 4.90 Å². The third-order valence-electron chi connectivity index (χ3n) is 4.58. The number of nitrogens with zero attached hydrogens (tertiary/aromatic N) is 2. The van der Waals surface area contributed by atoms with Crippen LogP contribution < -0.4 is 0 Å². The molecule has 0 spiro atoms. The van der Waals surface area contributed by atoms with Crippen molar-refractivity contribution in [3.05, 3.63) is 17.5 Å². The molecule has 0 aliphatic carbocycles. The molecule has 1 aromatic heterocycles. The zero-order valence-electron chi connectivity index (χ0n) is 9.02. The summed E-state index contributed by atoms with van der Waals surface area (Å²) in [5, 5.41) is 4.01. The SMILES string of the molecule is Cc1cc([C@H]2C[C@@H]3CCC4C[C@H]2N43)on1. The predicted octanol–water partition coefficient (Wildman–Crippen LogP) is 2.08. The minimum Gasteiger partial charge on any atom is -0.361 e. The molecule has 15 heavy (non-hydrogen) atoms. The van der Waals surface area contributed by atoms with Crippen molar-refractivity contribution in [3.8, 4) is 0 Å². The van der Waals surface area contributed by atoms with Gasteiger partial charge in [-0.25, -0.2) is 0 Å². The summed E-state index contributed by atoms with van der Waals surface area (Å²) in [5.74, 6) is 1.76. The fourth-order valence-electron chi connectivity index (χ4n) is 3.95. The van der Waals surface area contributed by atoms with Gasteiger partial charge < -0.3 is 4.52 Å². The Morgan fingerprint density at radius 1 is 1.33 bits per heavy atom. The number of hydrogen-bond donors (Lipinski definition) is 0. The van der Waals surface area contributed by atoms with Gasteiger partial charge in [0.05, 0.1) is 5.69 Å². The highest BCUT2D eigenvalue weighted by atomic mass is 16.5. The molecule has 3 aliphatic rings. The average Bonchev–Trinajstić information content (AvgIpc) is 2.72. The molecular formula is C12H16N2O. The highest BCUT2D eigenvalue weighted by Gasteiger charge is 2.56. The van der Waals surface area contributed by atoms with Gasteiger partial charge in [-0.2, -0.15) is 0 Å². The maximum atomic E-state index is 5.43. The standard InChI is InChI=1S/C12H16N2O/c1-7-4-12(15-13-7)10-5-8-2-3-9-6-11(10)14(8)9/h4,8-11H,2-3,5-6H2,1H3/t8-,9?,10-,11+/m0/s1. The van der Waals surface area contributed by atoms with Gasteiger partial charge in [-0.15, -0.1) is 0 Å². The molecule has 0 radical (unpaired) electrons. The third kappa shape index (κ3) is 0.969. The van der Waals surface area contributed by atoms with E-state index in [1.807, 2.05) is 6.92 Å². The first-order valence-corrected chi connectivity index (χ1v) is 6.03. The summed E-state index contributed by atoms with van der Waals surface area (Å²) in [4.78, 5) is 2.74. The molecule has 3 heteroatoms. The van der Waals surface area contributed by atoms with Crippen molar-refractivity contribution in [3.63, 3.8) is 0 Å². The highest BCUT2D eigenvalue weighted by molar-refractivity contribution is 5.21. The van der Waals surface area contributed by atoms with Crippen LogP contribution in [0, 0.1) is 6.92 Å². The van der Waals surface area contributed by atoms with E-state index in [-0.39, 0.29) is 0 Å². The van der Waals surface area contributed by atoms with Crippen molar-refractivity contribution < 1.29 is 4.52 Å². The number of aryl methyl sites for hydroxylation is 1. The molecule has 3 nitrogen and oxygen atoms in total. The number of aromatic nitrogens is 1.